The number of nitrogens with zero attached hydrogens (tertiary/aromatic N) is 2. The van der Waals surface area contributed by atoms with Crippen molar-refractivity contribution in [1.29, 1.82) is 0 Å². The lowest BCUT2D eigenvalue weighted by molar-refractivity contribution is -0.141. The van der Waals surface area contributed by atoms with Crippen molar-refractivity contribution in [3.8, 4) is 0 Å². The number of fused-ring (bicyclic) bond motifs is 1. The SMILES string of the molecule is CCOC(=O)c1sc2ncn(C(CC)C(=O)O)c(=O)c2c1C. The number of thiophene rings is 1. The van der Waals surface area contributed by atoms with Crippen LogP contribution in [0.5, 0.6) is 0 Å². The van der Waals surface area contributed by atoms with Crippen LogP contribution < -0.4 is 5.56 Å². The van der Waals surface area contributed by atoms with Crippen LogP contribution in [-0.2, 0) is 9.53 Å². The molecule has 7 nitrogen and oxygen atoms in total. The lowest BCUT2D eigenvalue weighted by atomic mass is 10.2. The lowest BCUT2D eigenvalue weighted by Crippen LogP contribution is -2.29. The van der Waals surface area contributed by atoms with Gasteiger partial charge < -0.3 is 9.84 Å². The molecule has 0 bridgehead atoms. The van der Waals surface area contributed by atoms with Crippen molar-refractivity contribution in [1.82, 2.24) is 9.55 Å². The van der Waals surface area contributed by atoms with E-state index >= 15 is 0 Å². The Morgan fingerprint density at radius 2 is 2.14 bits per heavy atom. The van der Waals surface area contributed by atoms with Gasteiger partial charge in [0.25, 0.3) is 5.56 Å². The Balaban J connectivity index is 2.66. The van der Waals surface area contributed by atoms with Crippen LogP contribution in [0.1, 0.15) is 41.5 Å². The summed E-state index contributed by atoms with van der Waals surface area (Å²) in [6.07, 6.45) is 1.48. The van der Waals surface area contributed by atoms with Crippen molar-refractivity contribution in [3.63, 3.8) is 0 Å². The minimum atomic E-state index is -1.09. The van der Waals surface area contributed by atoms with Crippen molar-refractivity contribution < 1.29 is 19.4 Å². The van der Waals surface area contributed by atoms with Crippen molar-refractivity contribution in [2.75, 3.05) is 6.61 Å². The van der Waals surface area contributed by atoms with E-state index in [9.17, 15) is 19.5 Å². The predicted octanol–water partition coefficient (Wildman–Crippen LogP) is 1.98. The number of aryl methyl sites for hydroxylation is 1. The molecule has 2 rings (SSSR count). The summed E-state index contributed by atoms with van der Waals surface area (Å²) < 4.78 is 6.05. The molecule has 1 N–H and O–H groups in total. The summed E-state index contributed by atoms with van der Waals surface area (Å²) in [5.41, 5.74) is 0.0223. The molecule has 2 aromatic heterocycles. The van der Waals surface area contributed by atoms with E-state index in [1.165, 1.54) is 6.33 Å². The first kappa shape index (κ1) is 16.2. The average molecular weight is 324 g/mol. The van der Waals surface area contributed by atoms with Crippen LogP contribution in [0, 0.1) is 6.92 Å². The number of carboxylic acid groups (broad SMARTS) is 1. The molecule has 2 heterocycles. The summed E-state index contributed by atoms with van der Waals surface area (Å²) in [6, 6.07) is -0.977. The van der Waals surface area contributed by atoms with E-state index in [0.717, 1.165) is 15.9 Å². The summed E-state index contributed by atoms with van der Waals surface area (Å²) in [5, 5.41) is 9.47. The fourth-order valence-electron chi connectivity index (χ4n) is 2.24. The van der Waals surface area contributed by atoms with E-state index in [1.54, 1.807) is 20.8 Å². The maximum Gasteiger partial charge on any atom is 0.348 e. The van der Waals surface area contributed by atoms with Crippen LogP contribution in [0.25, 0.3) is 10.2 Å². The van der Waals surface area contributed by atoms with Gasteiger partial charge in [-0.2, -0.15) is 0 Å². The summed E-state index contributed by atoms with van der Waals surface area (Å²) >= 11 is 1.08. The highest BCUT2D eigenvalue weighted by atomic mass is 32.1. The largest absolute Gasteiger partial charge is 0.480 e. The highest BCUT2D eigenvalue weighted by Crippen LogP contribution is 2.28. The zero-order valence-electron chi connectivity index (χ0n) is 12.5. The quantitative estimate of drug-likeness (QED) is 0.844. The van der Waals surface area contributed by atoms with E-state index in [2.05, 4.69) is 4.98 Å². The van der Waals surface area contributed by atoms with Gasteiger partial charge in [0.1, 0.15) is 15.7 Å². The number of carbonyl (C=O) groups excluding carboxylic acids is 1. The minimum absolute atomic E-state index is 0.237. The summed E-state index contributed by atoms with van der Waals surface area (Å²) in [4.78, 5) is 40.5. The Labute approximate surface area is 130 Å². The molecule has 22 heavy (non-hydrogen) atoms. The van der Waals surface area contributed by atoms with Crippen LogP contribution in [0.3, 0.4) is 0 Å². The number of aliphatic carboxylic acids is 1. The second kappa shape index (κ2) is 6.27. The van der Waals surface area contributed by atoms with E-state index in [0.29, 0.717) is 15.3 Å². The number of hydrogen-bond acceptors (Lipinski definition) is 6. The smallest absolute Gasteiger partial charge is 0.348 e. The van der Waals surface area contributed by atoms with E-state index in [-0.39, 0.29) is 18.4 Å². The Kier molecular flexibility index (Phi) is 4.60. The summed E-state index contributed by atoms with van der Waals surface area (Å²) in [5.74, 6) is -1.59. The van der Waals surface area contributed by atoms with Gasteiger partial charge >= 0.3 is 11.9 Å². The second-order valence-electron chi connectivity index (χ2n) is 4.68. The van der Waals surface area contributed by atoms with Crippen molar-refractivity contribution in [3.05, 3.63) is 27.1 Å². The minimum Gasteiger partial charge on any atom is -0.480 e. The van der Waals surface area contributed by atoms with E-state index < -0.39 is 23.5 Å². The number of carboxylic acids is 1. The van der Waals surface area contributed by atoms with Crippen LogP contribution in [0.2, 0.25) is 0 Å². The lowest BCUT2D eigenvalue weighted by Gasteiger charge is -2.12. The van der Waals surface area contributed by atoms with Crippen LogP contribution in [0.4, 0.5) is 0 Å². The Bertz CT molecular complexity index is 792. The molecule has 0 aromatic carbocycles. The zero-order chi connectivity index (χ0) is 16.4. The Hall–Kier alpha value is -2.22. The molecule has 1 atom stereocenters. The molecule has 1 unspecified atom stereocenters. The number of aromatic nitrogens is 2. The van der Waals surface area contributed by atoms with Gasteiger partial charge in [0.05, 0.1) is 18.3 Å². The molecule has 0 saturated heterocycles. The molecule has 2 aromatic rings. The third kappa shape index (κ3) is 2.61. The summed E-state index contributed by atoms with van der Waals surface area (Å²) in [7, 11) is 0. The van der Waals surface area contributed by atoms with Gasteiger partial charge in [0.2, 0.25) is 0 Å². The average Bonchev–Trinajstić information content (AvgIpc) is 2.80. The fraction of sp³-hybridized carbons (Fsp3) is 0.429. The fourth-order valence-corrected chi connectivity index (χ4v) is 3.27. The first-order valence-electron chi connectivity index (χ1n) is 6.82. The molecule has 0 aliphatic rings. The first-order valence-corrected chi connectivity index (χ1v) is 7.64. The highest BCUT2D eigenvalue weighted by Gasteiger charge is 2.24. The topological polar surface area (TPSA) is 98.5 Å². The van der Waals surface area contributed by atoms with Crippen LogP contribution >= 0.6 is 11.3 Å². The van der Waals surface area contributed by atoms with E-state index in [4.69, 9.17) is 4.74 Å². The van der Waals surface area contributed by atoms with Crippen LogP contribution in [0.15, 0.2) is 11.1 Å². The standard InChI is InChI=1S/C14H16N2O5S/c1-4-8(13(18)19)16-6-15-11-9(12(16)17)7(3)10(22-11)14(20)21-5-2/h6,8H,4-5H2,1-3H3,(H,18,19). The Morgan fingerprint density at radius 1 is 1.45 bits per heavy atom. The van der Waals surface area contributed by atoms with Gasteiger partial charge in [0.15, 0.2) is 0 Å². The number of ether oxygens (including phenoxy) is 1. The third-order valence-electron chi connectivity index (χ3n) is 3.34. The third-order valence-corrected chi connectivity index (χ3v) is 4.52. The molecule has 0 fully saturated rings. The van der Waals surface area contributed by atoms with Crippen molar-refractivity contribution in [2.45, 2.75) is 33.2 Å². The maximum absolute atomic E-state index is 12.6. The number of rotatable bonds is 5. The maximum atomic E-state index is 12.6. The van der Waals surface area contributed by atoms with Crippen LogP contribution in [-0.4, -0.2) is 33.2 Å². The molecular formula is C14H16N2O5S. The van der Waals surface area contributed by atoms with Gasteiger partial charge in [-0.05, 0) is 25.8 Å². The molecule has 0 radical (unpaired) electrons. The predicted molar refractivity (Wildman–Crippen MR) is 81.5 cm³/mol. The molecule has 0 saturated carbocycles. The number of carbonyl (C=O) groups is 2. The normalized spacial score (nSPS) is 12.3. The molecule has 0 aliphatic heterocycles. The van der Waals surface area contributed by atoms with Gasteiger partial charge in [-0.1, -0.05) is 6.92 Å². The molecular weight excluding hydrogens is 308 g/mol. The monoisotopic (exact) mass is 324 g/mol. The highest BCUT2D eigenvalue weighted by molar-refractivity contribution is 7.20. The van der Waals surface area contributed by atoms with Gasteiger partial charge in [-0.3, -0.25) is 9.36 Å². The number of esters is 1. The van der Waals surface area contributed by atoms with Crippen molar-refractivity contribution >= 4 is 33.5 Å². The zero-order valence-corrected chi connectivity index (χ0v) is 13.3. The van der Waals surface area contributed by atoms with Gasteiger partial charge in [-0.15, -0.1) is 11.3 Å². The molecule has 0 amide bonds. The Morgan fingerprint density at radius 3 is 2.68 bits per heavy atom. The molecule has 118 valence electrons. The summed E-state index contributed by atoms with van der Waals surface area (Å²) in [6.45, 7) is 5.26. The molecule has 0 aliphatic carbocycles. The second-order valence-corrected chi connectivity index (χ2v) is 5.68. The van der Waals surface area contributed by atoms with E-state index in [1.807, 2.05) is 0 Å². The van der Waals surface area contributed by atoms with Gasteiger partial charge in [-0.25, -0.2) is 14.6 Å². The molecule has 0 spiro atoms. The first-order chi connectivity index (χ1) is 10.4. The molecule has 8 heteroatoms. The van der Waals surface area contributed by atoms with Crippen molar-refractivity contribution in [2.24, 2.45) is 0 Å². The number of hydrogen-bond donors (Lipinski definition) is 1. The van der Waals surface area contributed by atoms with Gasteiger partial charge in [0, 0.05) is 0 Å².